The minimum atomic E-state index is -0.576. The van der Waals surface area contributed by atoms with E-state index in [0.29, 0.717) is 17.7 Å². The second kappa shape index (κ2) is 5.66. The number of nitrogens with one attached hydrogen (secondary N) is 1. The Bertz CT molecular complexity index is 684. The highest BCUT2D eigenvalue weighted by Crippen LogP contribution is 2.25. The summed E-state index contributed by atoms with van der Waals surface area (Å²) in [6.45, 7) is 0.683. The molecule has 2 aromatic carbocycles. The van der Waals surface area contributed by atoms with Crippen LogP contribution in [0.5, 0.6) is 0 Å². The monoisotopic (exact) mass is 284 g/mol. The number of carbonyl (C=O) groups is 1. The fourth-order valence-corrected chi connectivity index (χ4v) is 2.70. The lowest BCUT2D eigenvalue weighted by atomic mass is 9.94. The summed E-state index contributed by atoms with van der Waals surface area (Å²) in [6, 6.07) is 11.5. The lowest BCUT2D eigenvalue weighted by molar-refractivity contribution is 0.0956. The number of amides is 1. The van der Waals surface area contributed by atoms with Gasteiger partial charge in [0.2, 0.25) is 0 Å². The maximum atomic E-state index is 13.8. The number of nitrogens with two attached hydrogens (primary N) is 1. The van der Waals surface area contributed by atoms with E-state index >= 15 is 0 Å². The van der Waals surface area contributed by atoms with E-state index in [4.69, 9.17) is 5.73 Å². The van der Waals surface area contributed by atoms with Crippen LogP contribution in [0.15, 0.2) is 42.5 Å². The molecular formula is C17H17FN2O. The third-order valence-electron chi connectivity index (χ3n) is 3.89. The first-order valence-corrected chi connectivity index (χ1v) is 7.08. The molecule has 1 amide bonds. The van der Waals surface area contributed by atoms with Gasteiger partial charge in [-0.1, -0.05) is 30.3 Å². The zero-order valence-corrected chi connectivity index (χ0v) is 11.6. The maximum absolute atomic E-state index is 13.8. The molecule has 0 radical (unpaired) electrons. The summed E-state index contributed by atoms with van der Waals surface area (Å²) in [7, 11) is 0. The Hall–Kier alpha value is -2.20. The third-order valence-corrected chi connectivity index (χ3v) is 3.89. The minimum absolute atomic E-state index is 0.0786. The number of rotatable bonds is 2. The number of aryl methyl sites for hydroxylation is 1. The van der Waals surface area contributed by atoms with Gasteiger partial charge in [0.25, 0.3) is 5.91 Å². The lowest BCUT2D eigenvalue weighted by Gasteiger charge is -2.15. The average Bonchev–Trinajstić information content (AvgIpc) is 2.69. The molecule has 0 fully saturated rings. The van der Waals surface area contributed by atoms with E-state index in [1.165, 1.54) is 6.07 Å². The molecule has 4 heteroatoms. The van der Waals surface area contributed by atoms with Gasteiger partial charge in [-0.2, -0.15) is 0 Å². The van der Waals surface area contributed by atoms with E-state index in [0.717, 1.165) is 24.0 Å². The van der Waals surface area contributed by atoms with Crippen LogP contribution < -0.4 is 11.1 Å². The fourth-order valence-electron chi connectivity index (χ4n) is 2.70. The lowest BCUT2D eigenvalue weighted by Crippen LogP contribution is -2.23. The molecule has 0 aliphatic carbocycles. The van der Waals surface area contributed by atoms with E-state index in [1.54, 1.807) is 24.3 Å². The van der Waals surface area contributed by atoms with E-state index in [1.807, 2.05) is 12.1 Å². The van der Waals surface area contributed by atoms with Gasteiger partial charge in [0.15, 0.2) is 0 Å². The second-order valence-corrected chi connectivity index (χ2v) is 5.28. The van der Waals surface area contributed by atoms with Gasteiger partial charge in [-0.05, 0) is 36.1 Å². The Kier molecular flexibility index (Phi) is 3.71. The zero-order valence-electron chi connectivity index (χ0n) is 11.6. The summed E-state index contributed by atoms with van der Waals surface area (Å²) in [5, 5.41) is 2.86. The van der Waals surface area contributed by atoms with Crippen molar-refractivity contribution < 1.29 is 9.18 Å². The third kappa shape index (κ3) is 2.67. The number of hydrogen-bond donors (Lipinski definition) is 2. The normalized spacial score (nSPS) is 15.8. The zero-order chi connectivity index (χ0) is 14.8. The van der Waals surface area contributed by atoms with Crippen LogP contribution in [0.25, 0.3) is 0 Å². The second-order valence-electron chi connectivity index (χ2n) is 5.28. The topological polar surface area (TPSA) is 55.1 Å². The van der Waals surface area contributed by atoms with Crippen molar-refractivity contribution in [1.29, 1.82) is 0 Å². The Labute approximate surface area is 123 Å². The van der Waals surface area contributed by atoms with Gasteiger partial charge < -0.3 is 11.1 Å². The van der Waals surface area contributed by atoms with Gasteiger partial charge >= 0.3 is 0 Å². The van der Waals surface area contributed by atoms with Crippen LogP contribution in [0.3, 0.4) is 0 Å². The first-order chi connectivity index (χ1) is 10.2. The Morgan fingerprint density at radius 2 is 2.00 bits per heavy atom. The molecule has 21 heavy (non-hydrogen) atoms. The highest BCUT2D eigenvalue weighted by atomic mass is 19.1. The average molecular weight is 284 g/mol. The molecule has 3 rings (SSSR count). The highest BCUT2D eigenvalue weighted by molar-refractivity contribution is 5.96. The summed E-state index contributed by atoms with van der Waals surface area (Å²) >= 11 is 0. The number of halogens is 1. The molecule has 1 atom stereocenters. The van der Waals surface area contributed by atoms with Crippen molar-refractivity contribution in [3.63, 3.8) is 0 Å². The Morgan fingerprint density at radius 1 is 1.19 bits per heavy atom. The summed E-state index contributed by atoms with van der Waals surface area (Å²) in [6.07, 6.45) is 1.79. The number of fused-ring (bicyclic) bond motifs is 1. The van der Waals surface area contributed by atoms with Crippen molar-refractivity contribution >= 4 is 5.91 Å². The number of carbonyl (C=O) groups excluding carboxylic acids is 1. The van der Waals surface area contributed by atoms with Gasteiger partial charge in [-0.3, -0.25) is 4.79 Å². The van der Waals surface area contributed by atoms with Crippen molar-refractivity contribution in [3.05, 3.63) is 70.5 Å². The quantitative estimate of drug-likeness (QED) is 0.890. The van der Waals surface area contributed by atoms with E-state index < -0.39 is 6.04 Å². The molecule has 108 valence electrons. The van der Waals surface area contributed by atoms with Crippen LogP contribution in [-0.2, 0) is 6.42 Å². The smallest absolute Gasteiger partial charge is 0.251 e. The van der Waals surface area contributed by atoms with Crippen LogP contribution in [0.4, 0.5) is 4.39 Å². The Morgan fingerprint density at radius 3 is 2.81 bits per heavy atom. The molecule has 1 aliphatic heterocycles. The van der Waals surface area contributed by atoms with Gasteiger partial charge in [0.1, 0.15) is 5.82 Å². The largest absolute Gasteiger partial charge is 0.352 e. The number of hydrogen-bond acceptors (Lipinski definition) is 2. The summed E-state index contributed by atoms with van der Waals surface area (Å²) in [4.78, 5) is 12.1. The highest BCUT2D eigenvalue weighted by Gasteiger charge is 2.19. The van der Waals surface area contributed by atoms with Crippen molar-refractivity contribution in [2.75, 3.05) is 6.54 Å². The Balaban J connectivity index is 2.00. The molecule has 0 spiro atoms. The predicted molar refractivity (Wildman–Crippen MR) is 79.5 cm³/mol. The van der Waals surface area contributed by atoms with Crippen molar-refractivity contribution in [1.82, 2.24) is 5.32 Å². The molecule has 3 nitrogen and oxygen atoms in total. The SMILES string of the molecule is NC(c1ccc2c(c1)C(=O)NCCC2)c1ccccc1F. The molecule has 0 saturated heterocycles. The summed E-state index contributed by atoms with van der Waals surface area (Å²) in [5.41, 5.74) is 9.02. The summed E-state index contributed by atoms with van der Waals surface area (Å²) in [5.74, 6) is -0.408. The van der Waals surface area contributed by atoms with Crippen LogP contribution in [0, 0.1) is 5.82 Å². The van der Waals surface area contributed by atoms with E-state index in [-0.39, 0.29) is 11.7 Å². The molecule has 0 saturated carbocycles. The number of benzene rings is 2. The molecule has 1 unspecified atom stereocenters. The van der Waals surface area contributed by atoms with Crippen molar-refractivity contribution in [3.8, 4) is 0 Å². The molecular weight excluding hydrogens is 267 g/mol. The van der Waals surface area contributed by atoms with Gasteiger partial charge in [-0.25, -0.2) is 4.39 Å². The van der Waals surface area contributed by atoms with Crippen LogP contribution in [0.2, 0.25) is 0 Å². The van der Waals surface area contributed by atoms with Gasteiger partial charge in [-0.15, -0.1) is 0 Å². The molecule has 3 N–H and O–H groups in total. The summed E-state index contributed by atoms with van der Waals surface area (Å²) < 4.78 is 13.8. The van der Waals surface area contributed by atoms with Crippen LogP contribution in [0.1, 0.15) is 39.5 Å². The first-order valence-electron chi connectivity index (χ1n) is 7.08. The standard InChI is InChI=1S/C17H17FN2O/c18-15-6-2-1-5-13(15)16(19)12-8-7-11-4-3-9-20-17(21)14(11)10-12/h1-2,5-8,10,16H,3-4,9,19H2,(H,20,21). The predicted octanol–water partition coefficient (Wildman–Crippen LogP) is 2.55. The van der Waals surface area contributed by atoms with Crippen LogP contribution >= 0.6 is 0 Å². The van der Waals surface area contributed by atoms with E-state index in [9.17, 15) is 9.18 Å². The minimum Gasteiger partial charge on any atom is -0.352 e. The maximum Gasteiger partial charge on any atom is 0.251 e. The van der Waals surface area contributed by atoms with Gasteiger partial charge in [0.05, 0.1) is 6.04 Å². The van der Waals surface area contributed by atoms with Gasteiger partial charge in [0, 0.05) is 17.7 Å². The van der Waals surface area contributed by atoms with Crippen LogP contribution in [-0.4, -0.2) is 12.5 Å². The molecule has 0 bridgehead atoms. The van der Waals surface area contributed by atoms with Crippen molar-refractivity contribution in [2.45, 2.75) is 18.9 Å². The van der Waals surface area contributed by atoms with Crippen molar-refractivity contribution in [2.24, 2.45) is 5.73 Å². The molecule has 1 heterocycles. The molecule has 2 aromatic rings. The van der Waals surface area contributed by atoms with E-state index in [2.05, 4.69) is 5.32 Å². The first kappa shape index (κ1) is 13.8. The molecule has 1 aliphatic rings. The fraction of sp³-hybridized carbons (Fsp3) is 0.235. The molecule has 0 aromatic heterocycles.